The van der Waals surface area contributed by atoms with Crippen LogP contribution in [-0.2, 0) is 9.53 Å². The Bertz CT molecular complexity index is 255. The lowest BCUT2D eigenvalue weighted by atomic mass is 9.87. The molecule has 5 heteroatoms. The van der Waals surface area contributed by atoms with Crippen LogP contribution in [0.3, 0.4) is 0 Å². The Balaban J connectivity index is 0.00000144. The molecule has 0 saturated carbocycles. The number of ether oxygens (including phenoxy) is 1. The third-order valence-corrected chi connectivity index (χ3v) is 3.79. The highest BCUT2D eigenvalue weighted by Gasteiger charge is 2.41. The molecule has 100 valence electrons. The summed E-state index contributed by atoms with van der Waals surface area (Å²) in [7, 11) is 0. The van der Waals surface area contributed by atoms with Crippen LogP contribution in [0, 0.1) is 5.41 Å². The highest BCUT2D eigenvalue weighted by Crippen LogP contribution is 2.36. The molecular weight excluding hydrogens is 240 g/mol. The molecule has 1 unspecified atom stereocenters. The van der Waals surface area contributed by atoms with Crippen molar-refractivity contribution in [1.29, 1.82) is 0 Å². The van der Waals surface area contributed by atoms with Gasteiger partial charge in [-0.25, -0.2) is 0 Å². The lowest BCUT2D eigenvalue weighted by molar-refractivity contribution is -0.131. The van der Waals surface area contributed by atoms with E-state index in [4.69, 9.17) is 4.74 Å². The minimum Gasteiger partial charge on any atom is -0.381 e. The minimum atomic E-state index is 0. The van der Waals surface area contributed by atoms with Gasteiger partial charge in [-0.05, 0) is 26.3 Å². The van der Waals surface area contributed by atoms with Crippen LogP contribution in [0.2, 0.25) is 0 Å². The van der Waals surface area contributed by atoms with Gasteiger partial charge in [0.05, 0.1) is 13.0 Å². The normalized spacial score (nSPS) is 27.5. The molecule has 2 aliphatic rings. The zero-order valence-electron chi connectivity index (χ0n) is 10.5. The molecule has 2 aliphatic heterocycles. The molecule has 0 bridgehead atoms. The van der Waals surface area contributed by atoms with Gasteiger partial charge in [-0.2, -0.15) is 0 Å². The van der Waals surface area contributed by atoms with Crippen molar-refractivity contribution in [3.63, 3.8) is 0 Å². The third-order valence-electron chi connectivity index (χ3n) is 3.79. The minimum absolute atomic E-state index is 0. The SMILES string of the molecule is CCOCCC(=O)N1CCC2(CCNC2)C1.Cl. The van der Waals surface area contributed by atoms with Crippen LogP contribution in [0.5, 0.6) is 0 Å². The third kappa shape index (κ3) is 3.57. The summed E-state index contributed by atoms with van der Waals surface area (Å²) in [6, 6.07) is 0. The Morgan fingerprint density at radius 3 is 2.94 bits per heavy atom. The number of amides is 1. The van der Waals surface area contributed by atoms with E-state index < -0.39 is 0 Å². The van der Waals surface area contributed by atoms with E-state index in [1.165, 1.54) is 12.8 Å². The first-order valence-electron chi connectivity index (χ1n) is 6.32. The van der Waals surface area contributed by atoms with Gasteiger partial charge in [0.15, 0.2) is 0 Å². The molecule has 2 heterocycles. The predicted molar refractivity (Wildman–Crippen MR) is 69.5 cm³/mol. The van der Waals surface area contributed by atoms with Gasteiger partial charge < -0.3 is 15.0 Å². The van der Waals surface area contributed by atoms with Gasteiger partial charge in [-0.1, -0.05) is 0 Å². The summed E-state index contributed by atoms with van der Waals surface area (Å²) in [6.45, 7) is 7.30. The number of carbonyl (C=O) groups excluding carboxylic acids is 1. The quantitative estimate of drug-likeness (QED) is 0.770. The Kier molecular flexibility index (Phi) is 5.70. The summed E-state index contributed by atoms with van der Waals surface area (Å²) in [6.07, 6.45) is 2.93. The molecule has 0 aromatic rings. The number of nitrogens with one attached hydrogen (secondary N) is 1. The Hall–Kier alpha value is -0.320. The van der Waals surface area contributed by atoms with E-state index in [0.717, 1.165) is 26.2 Å². The van der Waals surface area contributed by atoms with Crippen molar-refractivity contribution in [3.05, 3.63) is 0 Å². The standard InChI is InChI=1S/C12H22N2O2.ClH/c1-2-16-8-3-11(15)14-7-5-12(10-14)4-6-13-9-12;/h13H,2-10H2,1H3;1H. The van der Waals surface area contributed by atoms with Crippen molar-refractivity contribution in [2.75, 3.05) is 39.4 Å². The average Bonchev–Trinajstić information content (AvgIpc) is 2.90. The van der Waals surface area contributed by atoms with E-state index >= 15 is 0 Å². The fourth-order valence-corrected chi connectivity index (χ4v) is 2.75. The molecule has 0 aromatic heterocycles. The Morgan fingerprint density at radius 2 is 2.29 bits per heavy atom. The zero-order valence-corrected chi connectivity index (χ0v) is 11.4. The molecule has 2 rings (SSSR count). The Morgan fingerprint density at radius 1 is 1.47 bits per heavy atom. The van der Waals surface area contributed by atoms with Gasteiger partial charge in [0.1, 0.15) is 0 Å². The van der Waals surface area contributed by atoms with E-state index in [0.29, 0.717) is 25.0 Å². The molecule has 17 heavy (non-hydrogen) atoms. The van der Waals surface area contributed by atoms with Crippen LogP contribution in [0.25, 0.3) is 0 Å². The van der Waals surface area contributed by atoms with Gasteiger partial charge in [0.2, 0.25) is 5.91 Å². The largest absolute Gasteiger partial charge is 0.381 e. The predicted octanol–water partition coefficient (Wildman–Crippen LogP) is 1.05. The molecule has 1 spiro atoms. The van der Waals surface area contributed by atoms with Gasteiger partial charge in [0.25, 0.3) is 0 Å². The highest BCUT2D eigenvalue weighted by molar-refractivity contribution is 5.85. The van der Waals surface area contributed by atoms with Crippen molar-refractivity contribution >= 4 is 18.3 Å². The number of carbonyl (C=O) groups is 1. The second-order valence-corrected chi connectivity index (χ2v) is 4.94. The number of halogens is 1. The van der Waals surface area contributed by atoms with Crippen molar-refractivity contribution in [2.24, 2.45) is 5.41 Å². The van der Waals surface area contributed by atoms with Gasteiger partial charge in [-0.3, -0.25) is 4.79 Å². The van der Waals surface area contributed by atoms with Gasteiger partial charge in [0, 0.05) is 31.7 Å². The molecule has 4 nitrogen and oxygen atoms in total. The van der Waals surface area contributed by atoms with Crippen LogP contribution in [-0.4, -0.2) is 50.2 Å². The number of hydrogen-bond donors (Lipinski definition) is 1. The number of nitrogens with zero attached hydrogens (tertiary/aromatic N) is 1. The topological polar surface area (TPSA) is 41.6 Å². The second kappa shape index (κ2) is 6.57. The fraction of sp³-hybridized carbons (Fsp3) is 0.917. The van der Waals surface area contributed by atoms with Gasteiger partial charge >= 0.3 is 0 Å². The maximum absolute atomic E-state index is 11.9. The smallest absolute Gasteiger partial charge is 0.224 e. The van der Waals surface area contributed by atoms with Crippen LogP contribution >= 0.6 is 12.4 Å². The highest BCUT2D eigenvalue weighted by atomic mass is 35.5. The molecular formula is C12H23ClN2O2. The summed E-state index contributed by atoms with van der Waals surface area (Å²) in [5.41, 5.74) is 0.390. The molecule has 0 radical (unpaired) electrons. The maximum atomic E-state index is 11.9. The van der Waals surface area contributed by atoms with Gasteiger partial charge in [-0.15, -0.1) is 12.4 Å². The van der Waals surface area contributed by atoms with Crippen LogP contribution in [0.15, 0.2) is 0 Å². The molecule has 0 aromatic carbocycles. The second-order valence-electron chi connectivity index (χ2n) is 4.94. The number of likely N-dealkylation sites (tertiary alicyclic amines) is 1. The zero-order chi connectivity index (χ0) is 11.4. The average molecular weight is 263 g/mol. The van der Waals surface area contributed by atoms with Crippen molar-refractivity contribution in [1.82, 2.24) is 10.2 Å². The molecule has 2 fully saturated rings. The summed E-state index contributed by atoms with van der Waals surface area (Å²) in [5.74, 6) is 0.261. The summed E-state index contributed by atoms with van der Waals surface area (Å²) < 4.78 is 5.22. The molecule has 1 atom stereocenters. The van der Waals surface area contributed by atoms with Crippen molar-refractivity contribution in [3.8, 4) is 0 Å². The van der Waals surface area contributed by atoms with E-state index in [-0.39, 0.29) is 18.3 Å². The monoisotopic (exact) mass is 262 g/mol. The molecule has 1 amide bonds. The summed E-state index contributed by atoms with van der Waals surface area (Å²) in [5, 5.41) is 3.40. The maximum Gasteiger partial charge on any atom is 0.224 e. The first kappa shape index (κ1) is 14.7. The van der Waals surface area contributed by atoms with Crippen LogP contribution < -0.4 is 5.32 Å². The fourth-order valence-electron chi connectivity index (χ4n) is 2.75. The van der Waals surface area contributed by atoms with E-state index in [2.05, 4.69) is 5.32 Å². The Labute approximate surface area is 109 Å². The first-order valence-corrected chi connectivity index (χ1v) is 6.32. The van der Waals surface area contributed by atoms with E-state index in [1.54, 1.807) is 0 Å². The lowest BCUT2D eigenvalue weighted by Gasteiger charge is -2.22. The summed E-state index contributed by atoms with van der Waals surface area (Å²) >= 11 is 0. The lowest BCUT2D eigenvalue weighted by Crippen LogP contribution is -2.33. The number of hydrogen-bond acceptors (Lipinski definition) is 3. The van der Waals surface area contributed by atoms with Crippen LogP contribution in [0.1, 0.15) is 26.2 Å². The van der Waals surface area contributed by atoms with Crippen molar-refractivity contribution < 1.29 is 9.53 Å². The number of rotatable bonds is 4. The van der Waals surface area contributed by atoms with E-state index in [1.807, 2.05) is 11.8 Å². The molecule has 0 aliphatic carbocycles. The summed E-state index contributed by atoms with van der Waals surface area (Å²) in [4.78, 5) is 13.9. The van der Waals surface area contributed by atoms with Crippen LogP contribution in [0.4, 0.5) is 0 Å². The molecule has 2 saturated heterocycles. The van der Waals surface area contributed by atoms with Crippen molar-refractivity contribution in [2.45, 2.75) is 26.2 Å². The first-order chi connectivity index (χ1) is 7.76. The van der Waals surface area contributed by atoms with E-state index in [9.17, 15) is 4.79 Å². The molecule has 1 N–H and O–H groups in total.